The number of benzene rings is 2. The van der Waals surface area contributed by atoms with Crippen molar-refractivity contribution in [3.63, 3.8) is 0 Å². The zero-order chi connectivity index (χ0) is 15.2. The van der Waals surface area contributed by atoms with Crippen LogP contribution in [0.2, 0.25) is 0 Å². The second-order valence-electron chi connectivity index (χ2n) is 4.45. The van der Waals surface area contributed by atoms with Crippen LogP contribution in [0.5, 0.6) is 11.5 Å². The number of aryl methyl sites for hydroxylation is 1. The van der Waals surface area contributed by atoms with E-state index < -0.39 is 5.91 Å². The van der Waals surface area contributed by atoms with Crippen molar-refractivity contribution in [3.05, 3.63) is 53.6 Å². The summed E-state index contributed by atoms with van der Waals surface area (Å²) in [4.78, 5) is 12.1. The van der Waals surface area contributed by atoms with Crippen LogP contribution in [0.1, 0.15) is 15.9 Å². The minimum absolute atomic E-state index is 0.0595. The zero-order valence-electron chi connectivity index (χ0n) is 11.5. The van der Waals surface area contributed by atoms with Gasteiger partial charge in [0.25, 0.3) is 5.91 Å². The molecule has 0 aliphatic carbocycles. The van der Waals surface area contributed by atoms with Gasteiger partial charge in [0, 0.05) is 11.8 Å². The van der Waals surface area contributed by atoms with Crippen LogP contribution in [-0.4, -0.2) is 17.6 Å². The normalized spacial score (nSPS) is 9.71. The van der Waals surface area contributed by atoms with Crippen LogP contribution < -0.4 is 10.1 Å². The molecule has 0 spiro atoms. The lowest BCUT2D eigenvalue weighted by Crippen LogP contribution is -2.12. The predicted octanol–water partition coefficient (Wildman–Crippen LogP) is 2.86. The van der Waals surface area contributed by atoms with Gasteiger partial charge in [0.15, 0.2) is 6.61 Å². The molecule has 106 valence electrons. The van der Waals surface area contributed by atoms with Gasteiger partial charge >= 0.3 is 0 Å². The first-order chi connectivity index (χ1) is 10.1. The highest BCUT2D eigenvalue weighted by Gasteiger charge is 2.11. The average molecular weight is 282 g/mol. The summed E-state index contributed by atoms with van der Waals surface area (Å²) in [6.07, 6.45) is 0. The number of nitrogens with one attached hydrogen (secondary N) is 1. The average Bonchev–Trinajstić information content (AvgIpc) is 2.48. The Morgan fingerprint density at radius 2 is 2.14 bits per heavy atom. The van der Waals surface area contributed by atoms with E-state index in [1.807, 2.05) is 13.0 Å². The summed E-state index contributed by atoms with van der Waals surface area (Å²) >= 11 is 0. The van der Waals surface area contributed by atoms with Gasteiger partial charge in [-0.2, -0.15) is 5.26 Å². The lowest BCUT2D eigenvalue weighted by Gasteiger charge is -2.09. The molecule has 0 aliphatic rings. The fourth-order valence-corrected chi connectivity index (χ4v) is 1.81. The summed E-state index contributed by atoms with van der Waals surface area (Å²) in [6, 6.07) is 13.4. The van der Waals surface area contributed by atoms with Crippen LogP contribution >= 0.6 is 0 Å². The highest BCUT2D eigenvalue weighted by atomic mass is 16.5. The van der Waals surface area contributed by atoms with E-state index in [1.165, 1.54) is 6.07 Å². The highest BCUT2D eigenvalue weighted by Crippen LogP contribution is 2.22. The molecule has 1 amide bonds. The van der Waals surface area contributed by atoms with E-state index in [0.29, 0.717) is 11.4 Å². The lowest BCUT2D eigenvalue weighted by molar-refractivity contribution is 0.102. The number of hydrogen-bond donors (Lipinski definition) is 2. The van der Waals surface area contributed by atoms with Crippen LogP contribution in [0.25, 0.3) is 0 Å². The van der Waals surface area contributed by atoms with Crippen molar-refractivity contribution in [2.75, 3.05) is 11.9 Å². The Morgan fingerprint density at radius 3 is 2.90 bits per heavy atom. The number of aromatic hydroxyl groups is 1. The van der Waals surface area contributed by atoms with Crippen LogP contribution in [0, 0.1) is 18.3 Å². The van der Waals surface area contributed by atoms with E-state index in [1.54, 1.807) is 36.4 Å². The Bertz CT molecular complexity index is 705. The topological polar surface area (TPSA) is 82.3 Å². The summed E-state index contributed by atoms with van der Waals surface area (Å²) < 4.78 is 5.16. The molecule has 2 aromatic rings. The molecule has 2 aromatic carbocycles. The molecule has 0 aromatic heterocycles. The van der Waals surface area contributed by atoms with Gasteiger partial charge in [-0.1, -0.05) is 17.7 Å². The van der Waals surface area contributed by atoms with Gasteiger partial charge in [-0.25, -0.2) is 0 Å². The second-order valence-corrected chi connectivity index (χ2v) is 4.45. The van der Waals surface area contributed by atoms with Gasteiger partial charge in [-0.15, -0.1) is 0 Å². The van der Waals surface area contributed by atoms with Crippen LogP contribution in [0.3, 0.4) is 0 Å². The molecular weight excluding hydrogens is 268 g/mol. The number of amides is 1. The quantitative estimate of drug-likeness (QED) is 0.903. The van der Waals surface area contributed by atoms with Gasteiger partial charge in [0.2, 0.25) is 0 Å². The van der Waals surface area contributed by atoms with Gasteiger partial charge < -0.3 is 15.2 Å². The number of anilines is 1. The van der Waals surface area contributed by atoms with Gasteiger partial charge in [0.1, 0.15) is 17.6 Å². The Labute approximate surface area is 122 Å². The fraction of sp³-hybridized carbons (Fsp3) is 0.125. The third kappa shape index (κ3) is 3.74. The number of phenolic OH excluding ortho intramolecular Hbond substituents is 1. The highest BCUT2D eigenvalue weighted by molar-refractivity contribution is 6.06. The molecule has 0 atom stereocenters. The summed E-state index contributed by atoms with van der Waals surface area (Å²) in [5.74, 6) is 0.00596. The molecule has 5 nitrogen and oxygen atoms in total. The maximum Gasteiger partial charge on any atom is 0.259 e. The summed E-state index contributed by atoms with van der Waals surface area (Å²) in [5.41, 5.74) is 1.61. The number of rotatable bonds is 4. The standard InChI is InChI=1S/C16H14N2O3/c1-11-5-6-15(19)14(9-11)16(20)18-12-3-2-4-13(10-12)21-8-7-17/h2-6,9-10,19H,8H2,1H3,(H,18,20). The van der Waals surface area contributed by atoms with Crippen LogP contribution in [-0.2, 0) is 0 Å². The summed E-state index contributed by atoms with van der Waals surface area (Å²) in [7, 11) is 0. The largest absolute Gasteiger partial charge is 0.507 e. The smallest absolute Gasteiger partial charge is 0.259 e. The zero-order valence-corrected chi connectivity index (χ0v) is 11.5. The maximum absolute atomic E-state index is 12.1. The molecule has 21 heavy (non-hydrogen) atoms. The Balaban J connectivity index is 2.16. The van der Waals surface area contributed by atoms with Gasteiger partial charge in [-0.05, 0) is 31.2 Å². The Hall–Kier alpha value is -3.00. The molecule has 0 aliphatic heterocycles. The number of nitrogens with zero attached hydrogens (tertiary/aromatic N) is 1. The molecule has 0 saturated carbocycles. The van der Waals surface area contributed by atoms with E-state index in [4.69, 9.17) is 10.00 Å². The number of phenols is 1. The van der Waals surface area contributed by atoms with Gasteiger partial charge in [0.05, 0.1) is 5.56 Å². The number of ether oxygens (including phenoxy) is 1. The van der Waals surface area contributed by atoms with Crippen LogP contribution in [0.15, 0.2) is 42.5 Å². The van der Waals surface area contributed by atoms with Crippen LogP contribution in [0.4, 0.5) is 5.69 Å². The molecule has 0 bridgehead atoms. The summed E-state index contributed by atoms with van der Waals surface area (Å²) in [5, 5.41) is 20.9. The molecule has 0 heterocycles. The van der Waals surface area contributed by atoms with E-state index in [2.05, 4.69) is 5.32 Å². The molecule has 0 radical (unpaired) electrons. The van der Waals surface area contributed by atoms with E-state index in [9.17, 15) is 9.90 Å². The SMILES string of the molecule is Cc1ccc(O)c(C(=O)Nc2cccc(OCC#N)c2)c1. The number of hydrogen-bond acceptors (Lipinski definition) is 4. The Kier molecular flexibility index (Phi) is 4.42. The molecule has 5 heteroatoms. The van der Waals surface area contributed by atoms with E-state index >= 15 is 0 Å². The fourth-order valence-electron chi connectivity index (χ4n) is 1.81. The number of carbonyl (C=O) groups excluding carboxylic acids is 1. The molecule has 0 unspecified atom stereocenters. The molecular formula is C16H14N2O3. The minimum atomic E-state index is -0.409. The molecule has 0 fully saturated rings. The van der Waals surface area contributed by atoms with Crippen molar-refractivity contribution >= 4 is 11.6 Å². The molecule has 2 rings (SSSR count). The monoisotopic (exact) mass is 282 g/mol. The first-order valence-electron chi connectivity index (χ1n) is 6.31. The minimum Gasteiger partial charge on any atom is -0.507 e. The van der Waals surface area contributed by atoms with Crippen molar-refractivity contribution in [1.82, 2.24) is 0 Å². The first-order valence-corrected chi connectivity index (χ1v) is 6.31. The molecule has 0 saturated heterocycles. The third-order valence-electron chi connectivity index (χ3n) is 2.79. The number of carbonyl (C=O) groups is 1. The molecule has 2 N–H and O–H groups in total. The first kappa shape index (κ1) is 14.4. The third-order valence-corrected chi connectivity index (χ3v) is 2.79. The number of nitriles is 1. The van der Waals surface area contributed by atoms with Crippen molar-refractivity contribution < 1.29 is 14.6 Å². The van der Waals surface area contributed by atoms with E-state index in [-0.39, 0.29) is 17.9 Å². The lowest BCUT2D eigenvalue weighted by atomic mass is 10.1. The predicted molar refractivity (Wildman–Crippen MR) is 78.3 cm³/mol. The Morgan fingerprint density at radius 1 is 1.33 bits per heavy atom. The summed E-state index contributed by atoms with van der Waals surface area (Å²) in [6.45, 7) is 1.78. The van der Waals surface area contributed by atoms with Crippen molar-refractivity contribution in [2.45, 2.75) is 6.92 Å². The van der Waals surface area contributed by atoms with Crippen molar-refractivity contribution in [1.29, 1.82) is 5.26 Å². The second kappa shape index (κ2) is 6.44. The van der Waals surface area contributed by atoms with E-state index in [0.717, 1.165) is 5.56 Å². The van der Waals surface area contributed by atoms with Gasteiger partial charge in [-0.3, -0.25) is 4.79 Å². The maximum atomic E-state index is 12.1. The van der Waals surface area contributed by atoms with Crippen molar-refractivity contribution in [3.8, 4) is 17.6 Å². The van der Waals surface area contributed by atoms with Crippen molar-refractivity contribution in [2.24, 2.45) is 0 Å².